The first-order valence-corrected chi connectivity index (χ1v) is 6.90. The van der Waals surface area contributed by atoms with Crippen molar-refractivity contribution < 1.29 is 9.90 Å². The standard InChI is InChI=1S/C14H19N3O2/c18-11-6-4-10(5-7-11)17-9-13(16-14(17)19)12-3-1-2-8-15-12/h1-3,8,10-11,13,18H,4-7,9H2,(H,16,19). The lowest BCUT2D eigenvalue weighted by atomic mass is 9.92. The molecule has 0 bridgehead atoms. The van der Waals surface area contributed by atoms with Gasteiger partial charge in [-0.15, -0.1) is 0 Å². The van der Waals surface area contributed by atoms with Gasteiger partial charge in [0.1, 0.15) is 0 Å². The van der Waals surface area contributed by atoms with E-state index >= 15 is 0 Å². The van der Waals surface area contributed by atoms with Gasteiger partial charge in [0.25, 0.3) is 0 Å². The van der Waals surface area contributed by atoms with Crippen LogP contribution in [0.1, 0.15) is 37.4 Å². The van der Waals surface area contributed by atoms with E-state index in [1.165, 1.54) is 0 Å². The number of nitrogens with zero attached hydrogens (tertiary/aromatic N) is 2. The molecule has 1 aliphatic carbocycles. The number of pyridine rings is 1. The molecule has 19 heavy (non-hydrogen) atoms. The normalized spacial score (nSPS) is 31.3. The SMILES string of the molecule is O=C1NC(c2ccccn2)CN1C1CCC(O)CC1. The van der Waals surface area contributed by atoms with Gasteiger partial charge >= 0.3 is 6.03 Å². The van der Waals surface area contributed by atoms with Gasteiger partial charge in [0.15, 0.2) is 0 Å². The van der Waals surface area contributed by atoms with E-state index < -0.39 is 0 Å². The molecule has 2 fully saturated rings. The quantitative estimate of drug-likeness (QED) is 0.847. The molecule has 102 valence electrons. The molecule has 1 saturated carbocycles. The van der Waals surface area contributed by atoms with Crippen molar-refractivity contribution in [3.05, 3.63) is 30.1 Å². The first-order chi connectivity index (χ1) is 9.24. The van der Waals surface area contributed by atoms with Crippen molar-refractivity contribution in [1.82, 2.24) is 15.2 Å². The Kier molecular flexibility index (Phi) is 3.38. The van der Waals surface area contributed by atoms with E-state index in [2.05, 4.69) is 10.3 Å². The molecule has 1 atom stereocenters. The Balaban J connectivity index is 1.67. The highest BCUT2D eigenvalue weighted by Crippen LogP contribution is 2.28. The van der Waals surface area contributed by atoms with Crippen LogP contribution in [0.25, 0.3) is 0 Å². The number of aromatic nitrogens is 1. The van der Waals surface area contributed by atoms with E-state index in [1.54, 1.807) is 6.20 Å². The molecular formula is C14H19N3O2. The zero-order valence-corrected chi connectivity index (χ0v) is 10.8. The monoisotopic (exact) mass is 261 g/mol. The second-order valence-corrected chi connectivity index (χ2v) is 5.37. The first kappa shape index (κ1) is 12.4. The van der Waals surface area contributed by atoms with Crippen LogP contribution in [-0.4, -0.2) is 39.7 Å². The van der Waals surface area contributed by atoms with E-state index in [1.807, 2.05) is 23.1 Å². The van der Waals surface area contributed by atoms with Gasteiger partial charge in [-0.25, -0.2) is 4.79 Å². The van der Waals surface area contributed by atoms with Crippen LogP contribution in [-0.2, 0) is 0 Å². The van der Waals surface area contributed by atoms with Crippen LogP contribution in [0.5, 0.6) is 0 Å². The summed E-state index contributed by atoms with van der Waals surface area (Å²) in [5.74, 6) is 0. The maximum Gasteiger partial charge on any atom is 0.318 e. The number of aliphatic hydroxyl groups excluding tert-OH is 1. The summed E-state index contributed by atoms with van der Waals surface area (Å²) in [7, 11) is 0. The highest BCUT2D eigenvalue weighted by molar-refractivity contribution is 5.77. The second-order valence-electron chi connectivity index (χ2n) is 5.37. The van der Waals surface area contributed by atoms with Crippen LogP contribution in [0.3, 0.4) is 0 Å². The minimum atomic E-state index is -0.187. The number of nitrogens with one attached hydrogen (secondary N) is 1. The van der Waals surface area contributed by atoms with Crippen LogP contribution in [0.2, 0.25) is 0 Å². The van der Waals surface area contributed by atoms with E-state index in [4.69, 9.17) is 0 Å². The Morgan fingerprint density at radius 3 is 2.74 bits per heavy atom. The number of amides is 2. The van der Waals surface area contributed by atoms with Crippen molar-refractivity contribution in [2.75, 3.05) is 6.54 Å². The summed E-state index contributed by atoms with van der Waals surface area (Å²) in [6.45, 7) is 0.677. The van der Waals surface area contributed by atoms with Crippen molar-refractivity contribution in [1.29, 1.82) is 0 Å². The fourth-order valence-corrected chi connectivity index (χ4v) is 2.99. The molecule has 0 aromatic carbocycles. The minimum Gasteiger partial charge on any atom is -0.393 e. The Hall–Kier alpha value is -1.62. The summed E-state index contributed by atoms with van der Waals surface area (Å²) < 4.78 is 0. The molecule has 0 spiro atoms. The van der Waals surface area contributed by atoms with Gasteiger partial charge in [-0.05, 0) is 37.8 Å². The fraction of sp³-hybridized carbons (Fsp3) is 0.571. The van der Waals surface area contributed by atoms with Crippen LogP contribution in [0.15, 0.2) is 24.4 Å². The van der Waals surface area contributed by atoms with E-state index in [0.717, 1.165) is 31.4 Å². The summed E-state index contributed by atoms with van der Waals surface area (Å²) in [5.41, 5.74) is 0.911. The van der Waals surface area contributed by atoms with E-state index in [-0.39, 0.29) is 24.2 Å². The van der Waals surface area contributed by atoms with Crippen LogP contribution in [0.4, 0.5) is 4.79 Å². The van der Waals surface area contributed by atoms with E-state index in [0.29, 0.717) is 6.54 Å². The molecular weight excluding hydrogens is 242 g/mol. The Bertz CT molecular complexity index is 443. The topological polar surface area (TPSA) is 65.5 Å². The predicted molar refractivity (Wildman–Crippen MR) is 70.5 cm³/mol. The van der Waals surface area contributed by atoms with Crippen LogP contribution >= 0.6 is 0 Å². The summed E-state index contributed by atoms with van der Waals surface area (Å²) in [4.78, 5) is 18.3. The number of aliphatic hydroxyl groups is 1. The molecule has 1 aromatic heterocycles. The molecule has 1 saturated heterocycles. The average Bonchev–Trinajstić information content (AvgIpc) is 2.83. The number of hydrogen-bond acceptors (Lipinski definition) is 3. The van der Waals surface area contributed by atoms with Crippen molar-refractivity contribution in [2.24, 2.45) is 0 Å². The number of carbonyl (C=O) groups is 1. The predicted octanol–water partition coefficient (Wildman–Crippen LogP) is 1.45. The smallest absolute Gasteiger partial charge is 0.318 e. The molecule has 1 aliphatic heterocycles. The minimum absolute atomic E-state index is 0.00274. The largest absolute Gasteiger partial charge is 0.393 e. The Labute approximate surface area is 112 Å². The van der Waals surface area contributed by atoms with Crippen molar-refractivity contribution in [2.45, 2.75) is 43.9 Å². The van der Waals surface area contributed by atoms with Gasteiger partial charge in [-0.2, -0.15) is 0 Å². The molecule has 5 nitrogen and oxygen atoms in total. The highest BCUT2D eigenvalue weighted by atomic mass is 16.3. The van der Waals surface area contributed by atoms with Gasteiger partial charge in [0.05, 0.1) is 17.8 Å². The van der Waals surface area contributed by atoms with E-state index in [9.17, 15) is 9.90 Å². The van der Waals surface area contributed by atoms with Crippen molar-refractivity contribution >= 4 is 6.03 Å². The zero-order chi connectivity index (χ0) is 13.2. The van der Waals surface area contributed by atoms with Crippen LogP contribution in [0, 0.1) is 0 Å². The molecule has 2 amide bonds. The second kappa shape index (κ2) is 5.17. The number of urea groups is 1. The maximum atomic E-state index is 12.1. The Morgan fingerprint density at radius 1 is 1.26 bits per heavy atom. The average molecular weight is 261 g/mol. The molecule has 2 aliphatic rings. The third kappa shape index (κ3) is 2.56. The molecule has 5 heteroatoms. The molecule has 1 unspecified atom stereocenters. The van der Waals surface area contributed by atoms with Gasteiger partial charge in [0.2, 0.25) is 0 Å². The number of hydrogen-bond donors (Lipinski definition) is 2. The molecule has 3 rings (SSSR count). The highest BCUT2D eigenvalue weighted by Gasteiger charge is 2.36. The number of carbonyl (C=O) groups excluding carboxylic acids is 1. The maximum absolute atomic E-state index is 12.1. The molecule has 0 radical (unpaired) electrons. The third-order valence-electron chi connectivity index (χ3n) is 4.09. The van der Waals surface area contributed by atoms with Gasteiger partial charge < -0.3 is 15.3 Å². The van der Waals surface area contributed by atoms with Gasteiger partial charge in [-0.3, -0.25) is 4.98 Å². The summed E-state index contributed by atoms with van der Waals surface area (Å²) >= 11 is 0. The molecule has 1 aromatic rings. The number of rotatable bonds is 2. The van der Waals surface area contributed by atoms with Gasteiger partial charge in [0, 0.05) is 18.8 Å². The summed E-state index contributed by atoms with van der Waals surface area (Å²) in [6.07, 6.45) is 4.94. The molecule has 2 heterocycles. The van der Waals surface area contributed by atoms with Crippen molar-refractivity contribution in [3.8, 4) is 0 Å². The lowest BCUT2D eigenvalue weighted by Gasteiger charge is -2.32. The first-order valence-electron chi connectivity index (χ1n) is 6.90. The summed E-state index contributed by atoms with van der Waals surface area (Å²) in [5, 5.41) is 12.5. The lowest BCUT2D eigenvalue weighted by molar-refractivity contribution is 0.0907. The Morgan fingerprint density at radius 2 is 2.05 bits per heavy atom. The van der Waals surface area contributed by atoms with Crippen LogP contribution < -0.4 is 5.32 Å². The summed E-state index contributed by atoms with van der Waals surface area (Å²) in [6, 6.07) is 6.00. The fourth-order valence-electron chi connectivity index (χ4n) is 2.99. The zero-order valence-electron chi connectivity index (χ0n) is 10.8. The lowest BCUT2D eigenvalue weighted by Crippen LogP contribution is -2.41. The van der Waals surface area contributed by atoms with Crippen molar-refractivity contribution in [3.63, 3.8) is 0 Å². The van der Waals surface area contributed by atoms with Gasteiger partial charge in [-0.1, -0.05) is 6.07 Å². The third-order valence-corrected chi connectivity index (χ3v) is 4.09. The molecule has 2 N–H and O–H groups in total.